The van der Waals surface area contributed by atoms with Gasteiger partial charge < -0.3 is 66.7 Å². The molecule has 17 nitrogen and oxygen atoms in total. The van der Waals surface area contributed by atoms with Gasteiger partial charge in [0.2, 0.25) is 0 Å². The third-order valence-corrected chi connectivity index (χ3v) is 10.2. The van der Waals surface area contributed by atoms with Crippen molar-refractivity contribution >= 4 is 68.6 Å². The first-order chi connectivity index (χ1) is 26.0. The Morgan fingerprint density at radius 3 is 1.25 bits per heavy atom. The van der Waals surface area contributed by atoms with Gasteiger partial charge in [-0.2, -0.15) is 0 Å². The number of carbonyl (C=O) groups is 2. The van der Waals surface area contributed by atoms with Gasteiger partial charge in [0.1, 0.15) is 23.3 Å². The second kappa shape index (κ2) is 26.9. The Kier molecular flexibility index (Phi) is 24.6. The third-order valence-electron chi connectivity index (χ3n) is 7.63. The molecule has 0 bridgehead atoms. The first kappa shape index (κ1) is 51.1. The summed E-state index contributed by atoms with van der Waals surface area (Å²) < 4.78 is 42.2. The number of phenols is 2. The number of hydrogen-bond donors (Lipinski definition) is 4. The first-order valence-electron chi connectivity index (χ1n) is 17.1. The number of hydrogen-bond acceptors (Lipinski definition) is 16. The number of ether oxygens (including phenoxy) is 8. The van der Waals surface area contributed by atoms with Gasteiger partial charge in [-0.1, -0.05) is 12.1 Å². The van der Waals surface area contributed by atoms with Crippen LogP contribution in [0.3, 0.4) is 0 Å². The molecule has 2 atom stereocenters. The summed E-state index contributed by atoms with van der Waals surface area (Å²) in [5.74, 6) is -0.826. The van der Waals surface area contributed by atoms with E-state index in [1.54, 1.807) is 64.5 Å². The zero-order valence-electron chi connectivity index (χ0n) is 34.2. The van der Waals surface area contributed by atoms with Crippen molar-refractivity contribution in [3.63, 3.8) is 0 Å². The van der Waals surface area contributed by atoms with Gasteiger partial charge in [0.25, 0.3) is 0 Å². The van der Waals surface area contributed by atoms with Crippen LogP contribution in [-0.4, -0.2) is 187 Å². The predicted octanol–water partition coefficient (Wildman–Crippen LogP) is 2.59. The van der Waals surface area contributed by atoms with Crippen molar-refractivity contribution in [2.75, 3.05) is 105 Å². The molecule has 0 fully saturated rings. The molecule has 0 aromatic heterocycles. The van der Waals surface area contributed by atoms with E-state index in [0.29, 0.717) is 110 Å². The number of carboxylic acid groups (broad SMARTS) is 2. The van der Waals surface area contributed by atoms with Crippen molar-refractivity contribution < 1.29 is 76.2 Å². The number of nitrogens with zero attached hydrogens (tertiary/aromatic N) is 2. The van der Waals surface area contributed by atoms with Crippen LogP contribution in [0.2, 0.25) is 0 Å². The molecular formula is C36H54MgN2O15S2. The Labute approximate surface area is 353 Å². The molecular weight excluding hydrogens is 789 g/mol. The standard InChI is InChI=1S/2C18H25NO7S.Mg.H2O.2H/c2*1-18(17(21)22)12-27-16(19-18)13-4-3-5-14(15(13)20)26-11-10-25-9-8-24-7-6-23-2;;;;/h2*3-5,20H,6-12H2,1-2H3,(H,21,22);;1H2;;/q;;+2;;2*-1/t18-;;;;;/m1...../s1. The number of methoxy groups -OCH3 is 2. The molecule has 0 amide bonds. The zero-order chi connectivity index (χ0) is 39.4. The summed E-state index contributed by atoms with van der Waals surface area (Å²) >= 11 is 2.61. The summed E-state index contributed by atoms with van der Waals surface area (Å²) in [6.45, 7) is 8.35. The van der Waals surface area contributed by atoms with Crippen molar-refractivity contribution in [1.29, 1.82) is 0 Å². The fourth-order valence-corrected chi connectivity index (χ4v) is 6.85. The van der Waals surface area contributed by atoms with E-state index in [1.807, 2.05) is 0 Å². The number of carboxylic acids is 2. The summed E-state index contributed by atoms with van der Waals surface area (Å²) in [5.41, 5.74) is -1.42. The Morgan fingerprint density at radius 1 is 0.625 bits per heavy atom. The predicted molar refractivity (Wildman–Crippen MR) is 216 cm³/mol. The summed E-state index contributed by atoms with van der Waals surface area (Å²) in [6.07, 6.45) is 0. The Morgan fingerprint density at radius 2 is 0.946 bits per heavy atom. The smallest absolute Gasteiger partial charge is 1.00 e. The normalized spacial score (nSPS) is 18.4. The van der Waals surface area contributed by atoms with Crippen LogP contribution in [-0.2, 0) is 38.0 Å². The number of phenolic OH excluding ortho intramolecular Hbond substituents is 2. The first-order valence-corrected chi connectivity index (χ1v) is 19.0. The number of aromatic hydroxyl groups is 2. The molecule has 2 aromatic rings. The quantitative estimate of drug-likeness (QED) is 0.0877. The van der Waals surface area contributed by atoms with Gasteiger partial charge in [0.05, 0.1) is 77.2 Å². The average Bonchev–Trinajstić information content (AvgIpc) is 3.76. The molecule has 312 valence electrons. The van der Waals surface area contributed by atoms with E-state index in [4.69, 9.17) is 37.9 Å². The van der Waals surface area contributed by atoms with Crippen molar-refractivity contribution in [1.82, 2.24) is 0 Å². The van der Waals surface area contributed by atoms with E-state index >= 15 is 0 Å². The largest absolute Gasteiger partial charge is 2.00 e. The molecule has 2 heterocycles. The van der Waals surface area contributed by atoms with Crippen LogP contribution in [0.25, 0.3) is 0 Å². The molecule has 0 aliphatic carbocycles. The van der Waals surface area contributed by atoms with E-state index in [2.05, 4.69) is 9.98 Å². The fourth-order valence-electron chi connectivity index (χ4n) is 4.46. The van der Waals surface area contributed by atoms with Crippen molar-refractivity contribution in [3.05, 3.63) is 47.5 Å². The number of para-hydroxylation sites is 2. The Hall–Kier alpha value is -2.89. The molecule has 4 rings (SSSR count). The number of rotatable bonds is 24. The molecule has 2 aliphatic heterocycles. The van der Waals surface area contributed by atoms with Gasteiger partial charge in [0.15, 0.2) is 34.1 Å². The molecule has 0 saturated heterocycles. The summed E-state index contributed by atoms with van der Waals surface area (Å²) in [6, 6.07) is 10.1. The molecule has 56 heavy (non-hydrogen) atoms. The van der Waals surface area contributed by atoms with Gasteiger partial charge in [-0.15, -0.1) is 23.5 Å². The van der Waals surface area contributed by atoms with E-state index < -0.39 is 23.0 Å². The molecule has 2 aromatic carbocycles. The van der Waals surface area contributed by atoms with Crippen molar-refractivity contribution in [2.45, 2.75) is 24.9 Å². The third kappa shape index (κ3) is 16.2. The van der Waals surface area contributed by atoms with E-state index in [-0.39, 0.29) is 56.1 Å². The number of aliphatic carboxylic acids is 2. The zero-order valence-corrected chi connectivity index (χ0v) is 35.2. The van der Waals surface area contributed by atoms with E-state index in [9.17, 15) is 30.0 Å². The second-order valence-corrected chi connectivity index (χ2v) is 13.9. The van der Waals surface area contributed by atoms with E-state index in [0.717, 1.165) is 0 Å². The summed E-state index contributed by atoms with van der Waals surface area (Å²) in [5, 5.41) is 40.4. The maximum atomic E-state index is 11.3. The Balaban J connectivity index is 0. The van der Waals surface area contributed by atoms with Crippen molar-refractivity contribution in [3.8, 4) is 23.0 Å². The van der Waals surface area contributed by atoms with Gasteiger partial charge >= 0.3 is 35.0 Å². The maximum absolute atomic E-state index is 11.3. The van der Waals surface area contributed by atoms with Gasteiger partial charge in [-0.3, -0.25) is 9.98 Å². The molecule has 6 N–H and O–H groups in total. The van der Waals surface area contributed by atoms with Crippen molar-refractivity contribution in [2.24, 2.45) is 9.98 Å². The molecule has 2 aliphatic rings. The number of thioether (sulfide) groups is 2. The second-order valence-electron chi connectivity index (χ2n) is 12.0. The van der Waals surface area contributed by atoms with Crippen LogP contribution in [0.4, 0.5) is 0 Å². The van der Waals surface area contributed by atoms with Crippen LogP contribution in [0.15, 0.2) is 46.4 Å². The molecule has 1 unspecified atom stereocenters. The van der Waals surface area contributed by atoms with E-state index in [1.165, 1.54) is 23.5 Å². The minimum atomic E-state index is -1.18. The number of benzene rings is 2. The monoisotopic (exact) mass is 842 g/mol. The molecule has 0 spiro atoms. The van der Waals surface area contributed by atoms with Gasteiger partial charge in [0, 0.05) is 25.7 Å². The van der Waals surface area contributed by atoms with Crippen LogP contribution < -0.4 is 9.47 Å². The summed E-state index contributed by atoms with van der Waals surface area (Å²) in [7, 11) is 3.23. The van der Waals surface area contributed by atoms with Crippen LogP contribution in [0, 0.1) is 0 Å². The summed E-state index contributed by atoms with van der Waals surface area (Å²) in [4.78, 5) is 31.2. The van der Waals surface area contributed by atoms with Crippen LogP contribution >= 0.6 is 23.5 Å². The van der Waals surface area contributed by atoms with Crippen LogP contribution in [0.5, 0.6) is 23.0 Å². The van der Waals surface area contributed by atoms with Gasteiger partial charge in [-0.25, -0.2) is 9.59 Å². The average molecular weight is 843 g/mol. The number of aliphatic imine (C=N–C) groups is 2. The SMILES string of the molecule is COCCOCCOCCOc1cccc(C2=NC(C)(C(=O)O)CS2)c1O.COCCOCCOCCOc1cccc(C2=N[C@@](C)(C(=O)O)CS2)c1O.O.[H-].[H-].[Mg+2]. The fraction of sp³-hybridized carbons (Fsp3) is 0.556. The minimum absolute atomic E-state index is 0. The Bertz CT molecular complexity index is 1470. The topological polar surface area (TPSA) is 245 Å². The molecule has 0 saturated carbocycles. The van der Waals surface area contributed by atoms with Crippen LogP contribution in [0.1, 0.15) is 27.8 Å². The molecule has 0 radical (unpaired) electrons. The maximum Gasteiger partial charge on any atom is 2.00 e. The minimum Gasteiger partial charge on any atom is -1.00 e. The molecule has 20 heteroatoms. The van der Waals surface area contributed by atoms with Gasteiger partial charge in [-0.05, 0) is 38.1 Å².